The Morgan fingerprint density at radius 2 is 1.95 bits per heavy atom. The van der Waals surface area contributed by atoms with Gasteiger partial charge in [0.25, 0.3) is 0 Å². The lowest BCUT2D eigenvalue weighted by molar-refractivity contribution is 0.0184. The molecule has 6 heteroatoms. The van der Waals surface area contributed by atoms with Crippen LogP contribution in [-0.2, 0) is 4.74 Å². The summed E-state index contributed by atoms with van der Waals surface area (Å²) in [5, 5.41) is 0. The Labute approximate surface area is 122 Å². The van der Waals surface area contributed by atoms with Crippen LogP contribution in [0, 0.1) is 0 Å². The van der Waals surface area contributed by atoms with Gasteiger partial charge in [-0.2, -0.15) is 0 Å². The molecule has 0 aromatic heterocycles. The first kappa shape index (κ1) is 18.4. The largest absolute Gasteiger partial charge is 0.444 e. The van der Waals surface area contributed by atoms with Crippen LogP contribution in [0.1, 0.15) is 41.0 Å². The highest BCUT2D eigenvalue weighted by Gasteiger charge is 2.24. The van der Waals surface area contributed by atoms with Crippen LogP contribution in [-0.4, -0.2) is 61.0 Å². The minimum atomic E-state index is -0.504. The second-order valence-electron chi connectivity index (χ2n) is 5.80. The minimum absolute atomic E-state index is 0.302. The monoisotopic (exact) mass is 284 g/mol. The maximum absolute atomic E-state index is 12.1. The van der Waals surface area contributed by atoms with Gasteiger partial charge in [0.2, 0.25) is 0 Å². The number of carbonyl (C=O) groups is 1. The van der Waals surface area contributed by atoms with Gasteiger partial charge < -0.3 is 9.64 Å². The average Bonchev–Trinajstić information content (AvgIpc) is 2.28. The van der Waals surface area contributed by atoms with E-state index in [2.05, 4.69) is 9.98 Å². The van der Waals surface area contributed by atoms with Crippen molar-refractivity contribution in [2.24, 2.45) is 9.98 Å². The summed E-state index contributed by atoms with van der Waals surface area (Å²) in [6, 6.07) is 0. The Balaban J connectivity index is 4.69. The fraction of sp³-hybridized carbons (Fsp3) is 0.786. The zero-order valence-electron chi connectivity index (χ0n) is 13.8. The highest BCUT2D eigenvalue weighted by molar-refractivity contribution is 5.71. The van der Waals surface area contributed by atoms with Crippen LogP contribution < -0.4 is 0 Å². The fourth-order valence-corrected chi connectivity index (χ4v) is 1.37. The van der Waals surface area contributed by atoms with E-state index in [1.54, 1.807) is 11.2 Å². The summed E-state index contributed by atoms with van der Waals surface area (Å²) in [4.78, 5) is 23.8. The van der Waals surface area contributed by atoms with E-state index in [1.165, 1.54) is 6.34 Å². The molecule has 0 aromatic carbocycles. The lowest BCUT2D eigenvalue weighted by atomic mass is 10.2. The lowest BCUT2D eigenvalue weighted by Crippen LogP contribution is -2.41. The lowest BCUT2D eigenvalue weighted by Gasteiger charge is -2.29. The molecule has 0 aliphatic heterocycles. The van der Waals surface area contributed by atoms with Crippen molar-refractivity contribution >= 4 is 18.8 Å². The molecule has 0 heterocycles. The number of carbonyl (C=O) groups excluding carboxylic acids is 1. The summed E-state index contributed by atoms with van der Waals surface area (Å²) in [5.74, 6) is 0. The Morgan fingerprint density at radius 3 is 2.40 bits per heavy atom. The van der Waals surface area contributed by atoms with E-state index in [0.29, 0.717) is 6.54 Å². The quantitative estimate of drug-likeness (QED) is 0.556. The second-order valence-corrected chi connectivity index (χ2v) is 5.80. The Morgan fingerprint density at radius 1 is 1.35 bits per heavy atom. The number of aliphatic imine (C=N–C) groups is 2. The molecule has 0 fully saturated rings. The standard InChI is InChI=1S/C14H28N4O2/c1-8-9-18(13(19)20-14(3,4)5)12(2)16-10-15-11-17(6)7/h10-12H,8-9H2,1-7H3/b15-11+,16-10-. The molecule has 0 rings (SSSR count). The maximum Gasteiger partial charge on any atom is 0.411 e. The molecule has 0 saturated heterocycles. The predicted molar refractivity (Wildman–Crippen MR) is 83.4 cm³/mol. The molecule has 1 unspecified atom stereocenters. The van der Waals surface area contributed by atoms with Crippen LogP contribution in [0.5, 0.6) is 0 Å². The number of hydrogen-bond acceptors (Lipinski definition) is 3. The van der Waals surface area contributed by atoms with Crippen LogP contribution in [0.25, 0.3) is 0 Å². The molecule has 1 atom stereocenters. The number of nitrogens with zero attached hydrogens (tertiary/aromatic N) is 4. The van der Waals surface area contributed by atoms with E-state index in [4.69, 9.17) is 4.74 Å². The van der Waals surface area contributed by atoms with Crippen LogP contribution in [0.3, 0.4) is 0 Å². The summed E-state index contributed by atoms with van der Waals surface area (Å²) in [6.07, 6.45) is 3.30. The smallest absolute Gasteiger partial charge is 0.411 e. The van der Waals surface area contributed by atoms with Crippen molar-refractivity contribution in [3.63, 3.8) is 0 Å². The van der Waals surface area contributed by atoms with Crippen LogP contribution >= 0.6 is 0 Å². The normalized spacial score (nSPS) is 13.8. The molecule has 0 aliphatic carbocycles. The van der Waals surface area contributed by atoms with Gasteiger partial charge in [-0.15, -0.1) is 0 Å². The first-order valence-corrected chi connectivity index (χ1v) is 6.88. The summed E-state index contributed by atoms with van der Waals surface area (Å²) >= 11 is 0. The van der Waals surface area contributed by atoms with Crippen LogP contribution in [0.4, 0.5) is 4.79 Å². The van der Waals surface area contributed by atoms with Gasteiger partial charge in [0.05, 0.1) is 6.34 Å². The molecule has 0 saturated carbocycles. The van der Waals surface area contributed by atoms with Crippen molar-refractivity contribution in [2.75, 3.05) is 20.6 Å². The molecule has 0 spiro atoms. The zero-order chi connectivity index (χ0) is 15.8. The molecule has 20 heavy (non-hydrogen) atoms. The summed E-state index contributed by atoms with van der Waals surface area (Å²) in [6.45, 7) is 10.0. The van der Waals surface area contributed by atoms with Gasteiger partial charge >= 0.3 is 6.09 Å². The third kappa shape index (κ3) is 8.50. The number of amides is 1. The van der Waals surface area contributed by atoms with E-state index >= 15 is 0 Å². The van der Waals surface area contributed by atoms with E-state index < -0.39 is 5.60 Å². The van der Waals surface area contributed by atoms with Crippen molar-refractivity contribution in [2.45, 2.75) is 52.8 Å². The predicted octanol–water partition coefficient (Wildman–Crippen LogP) is 2.60. The molecule has 0 radical (unpaired) electrons. The van der Waals surface area contributed by atoms with Crippen molar-refractivity contribution in [1.82, 2.24) is 9.80 Å². The van der Waals surface area contributed by atoms with Gasteiger partial charge in [0.1, 0.15) is 18.1 Å². The second kappa shape index (κ2) is 8.55. The van der Waals surface area contributed by atoms with E-state index in [0.717, 1.165) is 6.42 Å². The summed E-state index contributed by atoms with van der Waals surface area (Å²) < 4.78 is 5.38. The van der Waals surface area contributed by atoms with Crippen LogP contribution in [0.15, 0.2) is 9.98 Å². The summed E-state index contributed by atoms with van der Waals surface area (Å²) in [5.41, 5.74) is -0.504. The molecule has 0 bridgehead atoms. The molecule has 116 valence electrons. The topological polar surface area (TPSA) is 57.5 Å². The third-order valence-electron chi connectivity index (χ3n) is 2.19. The van der Waals surface area contributed by atoms with Crippen molar-refractivity contribution in [3.8, 4) is 0 Å². The van der Waals surface area contributed by atoms with Crippen molar-refractivity contribution < 1.29 is 9.53 Å². The highest BCUT2D eigenvalue weighted by Crippen LogP contribution is 2.12. The number of ether oxygens (including phenoxy) is 1. The fourth-order valence-electron chi connectivity index (χ4n) is 1.37. The zero-order valence-corrected chi connectivity index (χ0v) is 13.8. The summed E-state index contributed by atoms with van der Waals surface area (Å²) in [7, 11) is 3.76. The molecular formula is C14H28N4O2. The van der Waals surface area contributed by atoms with Gasteiger partial charge in [-0.25, -0.2) is 14.8 Å². The van der Waals surface area contributed by atoms with Crippen molar-refractivity contribution in [3.05, 3.63) is 0 Å². The van der Waals surface area contributed by atoms with E-state index in [9.17, 15) is 4.79 Å². The molecule has 1 amide bonds. The van der Waals surface area contributed by atoms with Gasteiger partial charge in [-0.3, -0.25) is 4.90 Å². The number of hydrogen-bond donors (Lipinski definition) is 0. The van der Waals surface area contributed by atoms with Crippen LogP contribution in [0.2, 0.25) is 0 Å². The molecule has 0 N–H and O–H groups in total. The van der Waals surface area contributed by atoms with E-state index in [1.807, 2.05) is 53.6 Å². The SMILES string of the molecule is CCCN(C(=O)OC(C)(C)C)C(C)/N=C\N=C\N(C)C. The van der Waals surface area contributed by atoms with Crippen molar-refractivity contribution in [1.29, 1.82) is 0 Å². The third-order valence-corrected chi connectivity index (χ3v) is 2.19. The Bertz CT molecular complexity index is 346. The molecular weight excluding hydrogens is 256 g/mol. The first-order chi connectivity index (χ1) is 9.17. The molecule has 0 aromatic rings. The van der Waals surface area contributed by atoms with E-state index in [-0.39, 0.29) is 12.3 Å². The highest BCUT2D eigenvalue weighted by atomic mass is 16.6. The number of rotatable bonds is 6. The van der Waals surface area contributed by atoms with Gasteiger partial charge in [-0.05, 0) is 34.1 Å². The maximum atomic E-state index is 12.1. The van der Waals surface area contributed by atoms with Gasteiger partial charge in [-0.1, -0.05) is 6.92 Å². The minimum Gasteiger partial charge on any atom is -0.444 e. The van der Waals surface area contributed by atoms with Gasteiger partial charge in [0.15, 0.2) is 0 Å². The van der Waals surface area contributed by atoms with Gasteiger partial charge in [0, 0.05) is 20.6 Å². The Kier molecular flexibility index (Phi) is 7.87. The average molecular weight is 284 g/mol. The molecule has 6 nitrogen and oxygen atoms in total. The first-order valence-electron chi connectivity index (χ1n) is 6.88. The Hall–Kier alpha value is -1.59. The molecule has 0 aliphatic rings.